The Bertz CT molecular complexity index is 583. The van der Waals surface area contributed by atoms with Crippen molar-refractivity contribution in [3.63, 3.8) is 0 Å². The standard InChI is InChI=1S/C9H6O6.2C3H7NO.H2O/c10-7(11)4-2-1-3-5(8(12)13)6(4)9(14)15;2*1-4(2)3-5;/h1-3H,(H,10,11)(H,12,13)(H,14,15);2*3H,1-2H3;1H2. The minimum atomic E-state index is -1.58. The van der Waals surface area contributed by atoms with Gasteiger partial charge in [-0.1, -0.05) is 6.07 Å². The summed E-state index contributed by atoms with van der Waals surface area (Å²) in [5.74, 6) is -4.53. The molecular formula is C15H22N2O9. The van der Waals surface area contributed by atoms with Crippen LogP contribution in [0.1, 0.15) is 31.1 Å². The van der Waals surface area contributed by atoms with E-state index in [0.717, 1.165) is 25.0 Å². The number of aromatic carboxylic acids is 3. The van der Waals surface area contributed by atoms with Gasteiger partial charge in [0.1, 0.15) is 0 Å². The fourth-order valence-corrected chi connectivity index (χ4v) is 1.14. The molecule has 11 heteroatoms. The van der Waals surface area contributed by atoms with Crippen LogP contribution in [0.15, 0.2) is 18.2 Å². The van der Waals surface area contributed by atoms with Gasteiger partial charge >= 0.3 is 17.9 Å². The molecule has 0 radical (unpaired) electrons. The molecule has 146 valence electrons. The Kier molecular flexibility index (Phi) is 14.7. The lowest BCUT2D eigenvalue weighted by Crippen LogP contribution is -2.14. The van der Waals surface area contributed by atoms with Crippen LogP contribution in [0.5, 0.6) is 0 Å². The number of benzene rings is 1. The Morgan fingerprint density at radius 3 is 1.19 bits per heavy atom. The molecule has 2 amide bonds. The van der Waals surface area contributed by atoms with Crippen molar-refractivity contribution in [3.05, 3.63) is 34.9 Å². The molecule has 1 aromatic carbocycles. The third kappa shape index (κ3) is 11.1. The van der Waals surface area contributed by atoms with Crippen molar-refractivity contribution in [1.82, 2.24) is 9.80 Å². The van der Waals surface area contributed by atoms with Crippen molar-refractivity contribution in [2.45, 2.75) is 0 Å². The second-order valence-corrected chi connectivity index (χ2v) is 4.78. The van der Waals surface area contributed by atoms with Gasteiger partial charge < -0.3 is 30.6 Å². The topological polar surface area (TPSA) is 184 Å². The number of hydrogen-bond donors (Lipinski definition) is 3. The summed E-state index contributed by atoms with van der Waals surface area (Å²) in [7, 11) is 6.75. The van der Waals surface area contributed by atoms with Gasteiger partial charge in [-0.2, -0.15) is 0 Å². The molecule has 0 aliphatic carbocycles. The van der Waals surface area contributed by atoms with Crippen LogP contribution >= 0.6 is 0 Å². The Morgan fingerprint density at radius 1 is 0.769 bits per heavy atom. The van der Waals surface area contributed by atoms with Crippen LogP contribution in [0.3, 0.4) is 0 Å². The zero-order valence-electron chi connectivity index (χ0n) is 14.7. The molecule has 0 aromatic heterocycles. The second kappa shape index (κ2) is 13.9. The van der Waals surface area contributed by atoms with E-state index in [9.17, 15) is 24.0 Å². The fraction of sp³-hybridized carbons (Fsp3) is 0.267. The number of amides is 2. The second-order valence-electron chi connectivity index (χ2n) is 4.78. The molecule has 1 rings (SSSR count). The van der Waals surface area contributed by atoms with Gasteiger partial charge in [-0.15, -0.1) is 0 Å². The lowest BCUT2D eigenvalue weighted by molar-refractivity contribution is -0.116. The first-order valence-corrected chi connectivity index (χ1v) is 6.55. The van der Waals surface area contributed by atoms with Crippen LogP contribution in [-0.2, 0) is 9.59 Å². The highest BCUT2D eigenvalue weighted by Gasteiger charge is 2.22. The lowest BCUT2D eigenvalue weighted by Gasteiger charge is -2.04. The fourth-order valence-electron chi connectivity index (χ4n) is 1.14. The minimum Gasteiger partial charge on any atom is -0.478 e. The van der Waals surface area contributed by atoms with Gasteiger partial charge in [0.25, 0.3) is 0 Å². The monoisotopic (exact) mass is 374 g/mol. The van der Waals surface area contributed by atoms with Gasteiger partial charge in [0.2, 0.25) is 12.8 Å². The van der Waals surface area contributed by atoms with E-state index in [-0.39, 0.29) is 5.48 Å². The average Bonchev–Trinajstić information content (AvgIpc) is 2.54. The first kappa shape index (κ1) is 27.4. The first-order valence-electron chi connectivity index (χ1n) is 6.55. The maximum absolute atomic E-state index is 10.7. The van der Waals surface area contributed by atoms with E-state index in [4.69, 9.17) is 15.3 Å². The Morgan fingerprint density at radius 2 is 1.04 bits per heavy atom. The van der Waals surface area contributed by atoms with Crippen molar-refractivity contribution in [2.24, 2.45) is 0 Å². The van der Waals surface area contributed by atoms with E-state index < -0.39 is 34.6 Å². The third-order valence-corrected chi connectivity index (χ3v) is 2.16. The van der Waals surface area contributed by atoms with Crippen LogP contribution in [0, 0.1) is 0 Å². The number of rotatable bonds is 5. The predicted octanol–water partition coefficient (Wildman–Crippen LogP) is -0.635. The van der Waals surface area contributed by atoms with Crippen LogP contribution in [0.25, 0.3) is 0 Å². The zero-order chi connectivity index (χ0) is 20.2. The van der Waals surface area contributed by atoms with E-state index in [0.29, 0.717) is 0 Å². The summed E-state index contributed by atoms with van der Waals surface area (Å²) in [5.41, 5.74) is -1.79. The Labute approximate surface area is 149 Å². The molecule has 0 bridgehead atoms. The average molecular weight is 374 g/mol. The van der Waals surface area contributed by atoms with Crippen molar-refractivity contribution in [2.75, 3.05) is 28.2 Å². The van der Waals surface area contributed by atoms with E-state index in [2.05, 4.69) is 0 Å². The van der Waals surface area contributed by atoms with E-state index in [1.165, 1.54) is 15.9 Å². The van der Waals surface area contributed by atoms with Crippen LogP contribution in [0.2, 0.25) is 0 Å². The van der Waals surface area contributed by atoms with Crippen molar-refractivity contribution < 1.29 is 44.8 Å². The van der Waals surface area contributed by atoms with Gasteiger partial charge in [0.05, 0.1) is 16.7 Å². The first-order chi connectivity index (χ1) is 11.5. The van der Waals surface area contributed by atoms with Gasteiger partial charge in [-0.25, -0.2) is 14.4 Å². The van der Waals surface area contributed by atoms with Gasteiger partial charge in [0, 0.05) is 28.2 Å². The van der Waals surface area contributed by atoms with Crippen LogP contribution in [0.4, 0.5) is 0 Å². The molecular weight excluding hydrogens is 352 g/mol. The number of nitrogens with zero attached hydrogens (tertiary/aromatic N) is 2. The smallest absolute Gasteiger partial charge is 0.337 e. The molecule has 0 fully saturated rings. The summed E-state index contributed by atoms with van der Waals surface area (Å²) < 4.78 is 0. The maximum Gasteiger partial charge on any atom is 0.337 e. The highest BCUT2D eigenvalue weighted by molar-refractivity contribution is 6.09. The highest BCUT2D eigenvalue weighted by Crippen LogP contribution is 2.15. The van der Waals surface area contributed by atoms with E-state index in [1.54, 1.807) is 28.2 Å². The van der Waals surface area contributed by atoms with Crippen molar-refractivity contribution in [1.29, 1.82) is 0 Å². The highest BCUT2D eigenvalue weighted by atomic mass is 16.4. The summed E-state index contributed by atoms with van der Waals surface area (Å²) in [6, 6.07) is 3.26. The summed E-state index contributed by atoms with van der Waals surface area (Å²) in [5, 5.41) is 26.0. The third-order valence-electron chi connectivity index (χ3n) is 2.16. The molecule has 0 aliphatic heterocycles. The van der Waals surface area contributed by atoms with Crippen LogP contribution in [-0.4, -0.2) is 89.5 Å². The van der Waals surface area contributed by atoms with Crippen LogP contribution < -0.4 is 0 Å². The zero-order valence-corrected chi connectivity index (χ0v) is 14.7. The number of carbonyl (C=O) groups excluding carboxylic acids is 2. The molecule has 0 aliphatic rings. The summed E-state index contributed by atoms with van der Waals surface area (Å²) >= 11 is 0. The summed E-state index contributed by atoms with van der Waals surface area (Å²) in [6.45, 7) is 0. The largest absolute Gasteiger partial charge is 0.478 e. The number of hydrogen-bond acceptors (Lipinski definition) is 5. The van der Waals surface area contributed by atoms with Crippen molar-refractivity contribution >= 4 is 30.7 Å². The van der Waals surface area contributed by atoms with E-state index in [1.807, 2.05) is 0 Å². The molecule has 0 atom stereocenters. The summed E-state index contributed by atoms with van der Waals surface area (Å²) in [6.07, 6.45) is 1.50. The lowest BCUT2D eigenvalue weighted by atomic mass is 10.0. The maximum atomic E-state index is 10.7. The van der Waals surface area contributed by atoms with Gasteiger partial charge in [-0.05, 0) is 12.1 Å². The molecule has 1 aromatic rings. The van der Waals surface area contributed by atoms with Gasteiger partial charge in [0.15, 0.2) is 0 Å². The molecule has 26 heavy (non-hydrogen) atoms. The minimum absolute atomic E-state index is 0. The van der Waals surface area contributed by atoms with E-state index >= 15 is 0 Å². The Hall–Kier alpha value is -3.47. The molecule has 0 unspecified atom stereocenters. The number of carboxylic acid groups (broad SMARTS) is 3. The molecule has 5 N–H and O–H groups in total. The quantitative estimate of drug-likeness (QED) is 0.568. The SMILES string of the molecule is CN(C)C=O.CN(C)C=O.O.O=C(O)c1cccc(C(=O)O)c1C(=O)O. The summed E-state index contributed by atoms with van der Waals surface area (Å²) in [4.78, 5) is 53.8. The number of carboxylic acids is 3. The predicted molar refractivity (Wildman–Crippen MR) is 90.4 cm³/mol. The molecule has 0 saturated heterocycles. The Balaban J connectivity index is -0.000000401. The molecule has 0 spiro atoms. The normalized spacial score (nSPS) is 8.15. The molecule has 0 saturated carbocycles. The molecule has 11 nitrogen and oxygen atoms in total. The van der Waals surface area contributed by atoms with Gasteiger partial charge in [-0.3, -0.25) is 9.59 Å². The number of carbonyl (C=O) groups is 5. The van der Waals surface area contributed by atoms with Crippen molar-refractivity contribution in [3.8, 4) is 0 Å². The molecule has 0 heterocycles.